The van der Waals surface area contributed by atoms with E-state index in [-0.39, 0.29) is 30.8 Å². The molecule has 9 nitrogen and oxygen atoms in total. The number of hydrogen-bond donors (Lipinski definition) is 1. The van der Waals surface area contributed by atoms with Gasteiger partial charge in [0.15, 0.2) is 16.9 Å². The number of nitrogens with one attached hydrogen (secondary N) is 1. The van der Waals surface area contributed by atoms with Crippen molar-refractivity contribution in [2.24, 2.45) is 0 Å². The van der Waals surface area contributed by atoms with Crippen LogP contribution in [0.15, 0.2) is 70.5 Å². The van der Waals surface area contributed by atoms with E-state index < -0.39 is 11.2 Å². The van der Waals surface area contributed by atoms with Crippen molar-refractivity contribution in [3.63, 3.8) is 0 Å². The Morgan fingerprint density at radius 2 is 1.68 bits per heavy atom. The van der Waals surface area contributed by atoms with Crippen LogP contribution in [0.25, 0.3) is 11.2 Å². The van der Waals surface area contributed by atoms with Gasteiger partial charge in [0.05, 0.1) is 19.4 Å². The minimum absolute atomic E-state index is 0.128. The van der Waals surface area contributed by atoms with Gasteiger partial charge in [0.25, 0.3) is 5.56 Å². The van der Waals surface area contributed by atoms with Gasteiger partial charge in [-0.15, -0.1) is 0 Å². The summed E-state index contributed by atoms with van der Waals surface area (Å²) in [5.74, 6) is -0.498. The molecule has 0 unspecified atom stereocenters. The van der Waals surface area contributed by atoms with E-state index in [1.54, 1.807) is 37.5 Å². The second-order valence-electron chi connectivity index (χ2n) is 9.41. The number of aromatic nitrogens is 4. The van der Waals surface area contributed by atoms with Crippen molar-refractivity contribution in [1.29, 1.82) is 0 Å². The molecule has 2 aromatic heterocycles. The van der Waals surface area contributed by atoms with Gasteiger partial charge in [-0.2, -0.15) is 0 Å². The molecule has 0 bridgehead atoms. The summed E-state index contributed by atoms with van der Waals surface area (Å²) in [6.45, 7) is 1.60. The number of ketones is 1. The fourth-order valence-corrected chi connectivity index (χ4v) is 4.94. The molecule has 1 aliphatic carbocycles. The minimum Gasteiger partial charge on any atom is -0.326 e. The zero-order valence-electron chi connectivity index (χ0n) is 20.7. The van der Waals surface area contributed by atoms with E-state index in [1.165, 1.54) is 4.57 Å². The lowest BCUT2D eigenvalue weighted by atomic mass is 10.1. The maximum absolute atomic E-state index is 13.7. The zero-order valence-corrected chi connectivity index (χ0v) is 20.7. The molecule has 0 radical (unpaired) electrons. The number of amides is 1. The fraction of sp³-hybridized carbons (Fsp3) is 0.321. The molecule has 1 aliphatic rings. The van der Waals surface area contributed by atoms with E-state index in [2.05, 4.69) is 10.3 Å². The molecule has 0 atom stereocenters. The zero-order chi connectivity index (χ0) is 25.9. The van der Waals surface area contributed by atoms with Crippen molar-refractivity contribution < 1.29 is 9.59 Å². The Balaban J connectivity index is 1.55. The number of fused-ring (bicyclic) bond motifs is 1. The topological polar surface area (TPSA) is 108 Å². The van der Waals surface area contributed by atoms with Crippen LogP contribution in [0.2, 0.25) is 0 Å². The van der Waals surface area contributed by atoms with E-state index >= 15 is 0 Å². The van der Waals surface area contributed by atoms with Gasteiger partial charge in [-0.05, 0) is 42.7 Å². The molecule has 190 valence electrons. The van der Waals surface area contributed by atoms with Gasteiger partial charge in [-0.1, -0.05) is 50.1 Å². The normalized spacial score (nSPS) is 13.8. The maximum atomic E-state index is 13.7. The molecule has 2 aromatic carbocycles. The third-order valence-corrected chi connectivity index (χ3v) is 6.95. The molecular weight excluding hydrogens is 470 g/mol. The summed E-state index contributed by atoms with van der Waals surface area (Å²) >= 11 is 0. The van der Waals surface area contributed by atoms with Gasteiger partial charge >= 0.3 is 5.69 Å². The number of carbonyl (C=O) groups is 2. The monoisotopic (exact) mass is 499 g/mol. The van der Waals surface area contributed by atoms with E-state index in [1.807, 2.05) is 34.9 Å². The first-order chi connectivity index (χ1) is 18.0. The van der Waals surface area contributed by atoms with Crippen molar-refractivity contribution in [3.05, 3.63) is 92.9 Å². The molecule has 1 saturated carbocycles. The molecule has 0 spiro atoms. The van der Waals surface area contributed by atoms with Crippen LogP contribution in [0.5, 0.6) is 0 Å². The molecular formula is C28H29N5O4. The molecule has 4 aromatic rings. The first-order valence-electron chi connectivity index (χ1n) is 12.6. The lowest BCUT2D eigenvalue weighted by Gasteiger charge is -2.15. The molecule has 1 fully saturated rings. The highest BCUT2D eigenvalue weighted by molar-refractivity contribution is 5.97. The lowest BCUT2D eigenvalue weighted by Crippen LogP contribution is -2.42. The number of benzene rings is 2. The highest BCUT2D eigenvalue weighted by Gasteiger charge is 2.25. The highest BCUT2D eigenvalue weighted by Crippen LogP contribution is 2.31. The number of anilines is 1. The highest BCUT2D eigenvalue weighted by atomic mass is 16.2. The van der Waals surface area contributed by atoms with Crippen molar-refractivity contribution in [3.8, 4) is 0 Å². The van der Waals surface area contributed by atoms with E-state index in [0.717, 1.165) is 35.8 Å². The average Bonchev–Trinajstić information content (AvgIpc) is 3.60. The predicted molar refractivity (Wildman–Crippen MR) is 141 cm³/mol. The van der Waals surface area contributed by atoms with Crippen LogP contribution in [0.4, 0.5) is 5.69 Å². The second kappa shape index (κ2) is 10.4. The van der Waals surface area contributed by atoms with Crippen molar-refractivity contribution in [2.75, 3.05) is 5.32 Å². The van der Waals surface area contributed by atoms with Gasteiger partial charge in [-0.3, -0.25) is 23.5 Å². The first kappa shape index (κ1) is 24.4. The van der Waals surface area contributed by atoms with Crippen molar-refractivity contribution in [1.82, 2.24) is 18.7 Å². The number of Topliss-reactive ketones (excluding diaryl/α,β-unsaturated/α-hetero) is 1. The van der Waals surface area contributed by atoms with Crippen LogP contribution in [0.3, 0.4) is 0 Å². The predicted octanol–water partition coefficient (Wildman–Crippen LogP) is 3.75. The van der Waals surface area contributed by atoms with Crippen LogP contribution >= 0.6 is 0 Å². The second-order valence-corrected chi connectivity index (χ2v) is 9.41. The summed E-state index contributed by atoms with van der Waals surface area (Å²) in [7, 11) is 0. The summed E-state index contributed by atoms with van der Waals surface area (Å²) in [5, 5.41) is 2.74. The van der Waals surface area contributed by atoms with Gasteiger partial charge in [0.2, 0.25) is 5.91 Å². The van der Waals surface area contributed by atoms with Crippen molar-refractivity contribution >= 4 is 28.5 Å². The number of nitrogens with zero attached hydrogens (tertiary/aromatic N) is 4. The minimum atomic E-state index is -0.571. The molecule has 9 heteroatoms. The Morgan fingerprint density at radius 1 is 0.973 bits per heavy atom. The van der Waals surface area contributed by atoms with Gasteiger partial charge in [-0.25, -0.2) is 9.78 Å². The third kappa shape index (κ3) is 4.89. The smallest absolute Gasteiger partial charge is 0.326 e. The van der Waals surface area contributed by atoms with E-state index in [9.17, 15) is 19.2 Å². The Bertz CT molecular complexity index is 1560. The first-order valence-corrected chi connectivity index (χ1v) is 12.6. The summed E-state index contributed by atoms with van der Waals surface area (Å²) in [4.78, 5) is 56.5. The van der Waals surface area contributed by atoms with Crippen LogP contribution in [-0.4, -0.2) is 30.4 Å². The fourth-order valence-electron chi connectivity index (χ4n) is 4.94. The average molecular weight is 500 g/mol. The SMILES string of the molecule is CCC(=O)Nc1ccc(C(=O)Cn2c(=O)c3c(ncn3C3CCCC3)n(Cc3ccccc3)c2=O)cc1. The third-order valence-electron chi connectivity index (χ3n) is 6.95. The largest absolute Gasteiger partial charge is 0.333 e. The number of rotatable bonds is 8. The Hall–Kier alpha value is -4.27. The van der Waals surface area contributed by atoms with E-state index in [4.69, 9.17) is 0 Å². The number of hydrogen-bond acceptors (Lipinski definition) is 5. The molecule has 37 heavy (non-hydrogen) atoms. The quantitative estimate of drug-likeness (QED) is 0.372. The number of carbonyl (C=O) groups excluding carboxylic acids is 2. The maximum Gasteiger partial charge on any atom is 0.333 e. The molecule has 0 saturated heterocycles. The molecule has 5 rings (SSSR count). The lowest BCUT2D eigenvalue weighted by molar-refractivity contribution is -0.115. The Morgan fingerprint density at radius 3 is 2.35 bits per heavy atom. The molecule has 2 heterocycles. The standard InChI is InChI=1S/C28H29N5O4/c1-2-24(35)30-21-14-12-20(13-15-21)23(34)17-32-27(36)25-26(29-18-33(25)22-10-6-7-11-22)31(28(32)37)16-19-8-4-3-5-9-19/h3-5,8-9,12-15,18,22H,2,6-7,10-11,16-17H2,1H3,(H,30,35). The van der Waals surface area contributed by atoms with Crippen LogP contribution in [-0.2, 0) is 17.9 Å². The summed E-state index contributed by atoms with van der Waals surface area (Å²) in [5.41, 5.74) is 1.43. The summed E-state index contributed by atoms with van der Waals surface area (Å²) in [6.07, 6.45) is 6.05. The Labute approximate surface area is 213 Å². The van der Waals surface area contributed by atoms with Crippen LogP contribution in [0, 0.1) is 0 Å². The Kier molecular flexibility index (Phi) is 6.85. The van der Waals surface area contributed by atoms with E-state index in [0.29, 0.717) is 28.8 Å². The molecule has 1 N–H and O–H groups in total. The van der Waals surface area contributed by atoms with Crippen LogP contribution in [0.1, 0.15) is 61.0 Å². The number of imidazole rings is 1. The molecule has 1 amide bonds. The van der Waals surface area contributed by atoms with Gasteiger partial charge in [0, 0.05) is 23.7 Å². The van der Waals surface area contributed by atoms with Crippen LogP contribution < -0.4 is 16.6 Å². The van der Waals surface area contributed by atoms with Crippen molar-refractivity contribution in [2.45, 2.75) is 58.2 Å². The summed E-state index contributed by atoms with van der Waals surface area (Å²) in [6, 6.07) is 16.1. The van der Waals surface area contributed by atoms with Gasteiger partial charge in [0.1, 0.15) is 0 Å². The van der Waals surface area contributed by atoms with Gasteiger partial charge < -0.3 is 9.88 Å². The summed E-state index contributed by atoms with van der Waals surface area (Å²) < 4.78 is 4.39. The molecule has 0 aliphatic heterocycles.